The highest BCUT2D eigenvalue weighted by Crippen LogP contribution is 2.66. The number of unbranched alkanes of at least 4 members (excludes halogenated alkanes) is 2. The quantitative estimate of drug-likeness (QED) is 0.290. The summed E-state index contributed by atoms with van der Waals surface area (Å²) in [5.41, 5.74) is 0.745. The number of nitrogens with zero attached hydrogens (tertiary/aromatic N) is 3. The smallest absolute Gasteiger partial charge is 0.247 e. The number of anilines is 1. The maximum Gasteiger partial charge on any atom is 0.247 e. The van der Waals surface area contributed by atoms with Gasteiger partial charge in [0.1, 0.15) is 11.8 Å². The summed E-state index contributed by atoms with van der Waals surface area (Å²) >= 11 is 1.59. The van der Waals surface area contributed by atoms with Crippen molar-refractivity contribution in [2.75, 3.05) is 37.7 Å². The number of thioether (sulfide) groups is 1. The minimum absolute atomic E-state index is 0.0140. The Balaban J connectivity index is 1.60. The molecular weight excluding hydrogens is 562 g/mol. The molecule has 7 atom stereocenters. The molecule has 4 aliphatic rings. The van der Waals surface area contributed by atoms with Gasteiger partial charge >= 0.3 is 0 Å². The first-order valence-corrected chi connectivity index (χ1v) is 16.8. The molecule has 1 aromatic carbocycles. The molecule has 0 radical (unpaired) electrons. The lowest BCUT2D eigenvalue weighted by molar-refractivity contribution is -0.147. The molecule has 0 bridgehead atoms. The summed E-state index contributed by atoms with van der Waals surface area (Å²) in [6.45, 7) is 12.0. The van der Waals surface area contributed by atoms with Gasteiger partial charge < -0.3 is 24.5 Å². The van der Waals surface area contributed by atoms with Gasteiger partial charge in [0.15, 0.2) is 0 Å². The van der Waals surface area contributed by atoms with Gasteiger partial charge in [-0.3, -0.25) is 14.4 Å². The van der Waals surface area contributed by atoms with Crippen molar-refractivity contribution in [1.82, 2.24) is 9.80 Å². The van der Waals surface area contributed by atoms with Crippen LogP contribution in [0.1, 0.15) is 60.3 Å². The lowest BCUT2D eigenvalue weighted by Gasteiger charge is -2.41. The Morgan fingerprint density at radius 3 is 2.35 bits per heavy atom. The van der Waals surface area contributed by atoms with E-state index in [4.69, 9.17) is 4.74 Å². The zero-order valence-electron chi connectivity index (χ0n) is 26.2. The molecule has 0 aliphatic carbocycles. The Morgan fingerprint density at radius 2 is 1.70 bits per heavy atom. The van der Waals surface area contributed by atoms with E-state index < -0.39 is 33.4 Å². The van der Waals surface area contributed by atoms with Gasteiger partial charge in [0.05, 0.1) is 35.8 Å². The first-order valence-electron chi connectivity index (χ1n) is 16.0. The van der Waals surface area contributed by atoms with Crippen molar-refractivity contribution in [3.63, 3.8) is 0 Å². The summed E-state index contributed by atoms with van der Waals surface area (Å²) in [5, 5.41) is 10.6. The fourth-order valence-electron chi connectivity index (χ4n) is 7.55. The fraction of sp³-hybridized carbons (Fsp3) is 0.618. The van der Waals surface area contributed by atoms with Gasteiger partial charge in [-0.05, 0) is 50.5 Å². The summed E-state index contributed by atoms with van der Waals surface area (Å²) in [6.07, 6.45) is 11.9. The number of rotatable bonds is 11. The predicted molar refractivity (Wildman–Crippen MR) is 171 cm³/mol. The van der Waals surface area contributed by atoms with Crippen LogP contribution in [-0.2, 0) is 14.4 Å². The van der Waals surface area contributed by atoms with Gasteiger partial charge in [-0.1, -0.05) is 64.3 Å². The summed E-state index contributed by atoms with van der Waals surface area (Å²) in [6, 6.07) is 6.20. The highest BCUT2D eigenvalue weighted by molar-refractivity contribution is 8.02. The number of carbonyl (C=O) groups is 3. The number of benzene rings is 1. The Bertz CT molecular complexity index is 1270. The average Bonchev–Trinajstić information content (AvgIpc) is 3.27. The van der Waals surface area contributed by atoms with Gasteiger partial charge in [-0.25, -0.2) is 0 Å². The zero-order chi connectivity index (χ0) is 30.9. The second kappa shape index (κ2) is 12.7. The third-order valence-electron chi connectivity index (χ3n) is 9.91. The number of fused-ring (bicyclic) bond motifs is 2. The van der Waals surface area contributed by atoms with Crippen LogP contribution >= 0.6 is 11.8 Å². The monoisotopic (exact) mass is 609 g/mol. The normalized spacial score (nSPS) is 31.4. The topological polar surface area (TPSA) is 90.4 Å². The fourth-order valence-corrected chi connectivity index (χ4v) is 9.70. The first-order chi connectivity index (χ1) is 20.7. The van der Waals surface area contributed by atoms with E-state index in [-0.39, 0.29) is 30.2 Å². The summed E-state index contributed by atoms with van der Waals surface area (Å²) < 4.78 is 4.01. The van der Waals surface area contributed by atoms with Crippen LogP contribution in [0.4, 0.5) is 5.69 Å². The number of aliphatic hydroxyl groups excluding tert-OH is 1. The molecule has 0 aromatic heterocycles. The molecule has 2 fully saturated rings. The first kappa shape index (κ1) is 31.6. The van der Waals surface area contributed by atoms with Crippen LogP contribution in [0.25, 0.3) is 0 Å². The summed E-state index contributed by atoms with van der Waals surface area (Å²) in [4.78, 5) is 49.3. The molecule has 1 aromatic rings. The van der Waals surface area contributed by atoms with Crippen molar-refractivity contribution in [2.45, 2.75) is 81.9 Å². The molecule has 5 rings (SSSR count). The maximum atomic E-state index is 14.8. The van der Waals surface area contributed by atoms with Crippen molar-refractivity contribution in [3.8, 4) is 5.75 Å². The van der Waals surface area contributed by atoms with Gasteiger partial charge in [-0.2, -0.15) is 0 Å². The summed E-state index contributed by atoms with van der Waals surface area (Å²) in [7, 11) is 0. The second-order valence-electron chi connectivity index (χ2n) is 12.6. The number of hydrogen-bond donors (Lipinski definition) is 1. The number of amides is 3. The van der Waals surface area contributed by atoms with Gasteiger partial charge in [-0.15, -0.1) is 11.8 Å². The number of hydrogen-bond acceptors (Lipinski definition) is 6. The molecule has 4 aliphatic heterocycles. The molecule has 2 saturated heterocycles. The highest BCUT2D eigenvalue weighted by Gasteiger charge is 2.74. The van der Waals surface area contributed by atoms with Crippen molar-refractivity contribution in [2.24, 2.45) is 17.8 Å². The Kier molecular flexibility index (Phi) is 9.33. The van der Waals surface area contributed by atoms with E-state index in [1.165, 1.54) is 0 Å². The Labute approximate surface area is 260 Å². The maximum absolute atomic E-state index is 14.8. The molecule has 4 heterocycles. The highest BCUT2D eigenvalue weighted by atomic mass is 32.2. The molecule has 234 valence electrons. The largest absolute Gasteiger partial charge is 0.494 e. The van der Waals surface area contributed by atoms with Crippen LogP contribution in [0, 0.1) is 17.8 Å². The molecular formula is C34H47N3O5S. The Hall–Kier alpha value is -2.78. The standard InChI is InChI=1S/C34H47N3O5S/c1-6-9-10-19-35-20-12-18-34-28(31(40)37(29(34)32(35)41)26(22-38)23(4)7-2)27-30(39)36(21-11-17-33(27,5)43-34)24-13-15-25(16-14-24)42-8-3/h11-18,23,26-29,38H,6-10,19-22H2,1-5H3/t23-,26-,27+,28-,29?,33-,34-/m0/s1. The third-order valence-corrected chi connectivity index (χ3v) is 11.7. The third kappa shape index (κ3) is 5.30. The number of ether oxygens (including phenoxy) is 1. The average molecular weight is 610 g/mol. The van der Waals surface area contributed by atoms with E-state index in [0.29, 0.717) is 26.2 Å². The van der Waals surface area contributed by atoms with E-state index >= 15 is 0 Å². The van der Waals surface area contributed by atoms with Crippen LogP contribution in [0.2, 0.25) is 0 Å². The lowest BCUT2D eigenvalue weighted by atomic mass is 9.74. The molecule has 3 amide bonds. The van der Waals surface area contributed by atoms with Crippen LogP contribution in [0.5, 0.6) is 5.75 Å². The van der Waals surface area contributed by atoms with Crippen LogP contribution in [0.15, 0.2) is 48.6 Å². The summed E-state index contributed by atoms with van der Waals surface area (Å²) in [5.74, 6) is -1.08. The van der Waals surface area contributed by atoms with Crippen LogP contribution in [0.3, 0.4) is 0 Å². The number of carbonyl (C=O) groups excluding carboxylic acids is 3. The molecule has 0 saturated carbocycles. The van der Waals surface area contributed by atoms with Crippen molar-refractivity contribution in [3.05, 3.63) is 48.6 Å². The molecule has 1 N–H and O–H groups in total. The van der Waals surface area contributed by atoms with E-state index in [0.717, 1.165) is 37.1 Å². The van der Waals surface area contributed by atoms with E-state index in [9.17, 15) is 19.5 Å². The molecule has 1 unspecified atom stereocenters. The number of aliphatic hydroxyl groups is 1. The van der Waals surface area contributed by atoms with E-state index in [2.05, 4.69) is 19.1 Å². The number of likely N-dealkylation sites (tertiary alicyclic amines) is 1. The minimum Gasteiger partial charge on any atom is -0.494 e. The molecule has 43 heavy (non-hydrogen) atoms. The molecule has 8 nitrogen and oxygen atoms in total. The predicted octanol–water partition coefficient (Wildman–Crippen LogP) is 4.67. The Morgan fingerprint density at radius 1 is 0.977 bits per heavy atom. The van der Waals surface area contributed by atoms with Crippen molar-refractivity contribution < 1.29 is 24.2 Å². The lowest BCUT2D eigenvalue weighted by Crippen LogP contribution is -2.58. The molecule has 1 spiro atoms. The SMILES string of the molecule is CCCCCN1CC=C[C@]23S[C@@]4(C)C=CCN(c5ccc(OCC)cc5)C(=O)[C@H]4[C@H]2C(=O)N([C@@H](CO)[C@@H](C)CC)C3C1=O. The van der Waals surface area contributed by atoms with E-state index in [1.807, 2.05) is 69.0 Å². The second-order valence-corrected chi connectivity index (χ2v) is 14.3. The van der Waals surface area contributed by atoms with Crippen LogP contribution < -0.4 is 9.64 Å². The van der Waals surface area contributed by atoms with Gasteiger partial charge in [0.2, 0.25) is 17.7 Å². The molecule has 9 heteroatoms. The van der Waals surface area contributed by atoms with Crippen LogP contribution in [-0.4, -0.2) is 87.1 Å². The van der Waals surface area contributed by atoms with Crippen molar-refractivity contribution >= 4 is 35.2 Å². The zero-order valence-corrected chi connectivity index (χ0v) is 27.0. The van der Waals surface area contributed by atoms with Gasteiger partial charge in [0.25, 0.3) is 0 Å². The minimum atomic E-state index is -0.921. The van der Waals surface area contributed by atoms with Gasteiger partial charge in [0, 0.05) is 30.1 Å². The van der Waals surface area contributed by atoms with Crippen molar-refractivity contribution in [1.29, 1.82) is 0 Å². The van der Waals surface area contributed by atoms with E-state index in [1.54, 1.807) is 21.6 Å².